The van der Waals surface area contributed by atoms with Crippen molar-refractivity contribution >= 4 is 18.5 Å². The Hall–Kier alpha value is -1.00. The number of thiol groups is 1. The summed E-state index contributed by atoms with van der Waals surface area (Å²) in [7, 11) is 0. The Morgan fingerprint density at radius 1 is 1.47 bits per heavy atom. The standard InChI is InChI=1S/C13H17NO2S/c1-13(2)10(7-11(13)15)14-12(16)8-5-3-4-6-9(8)17/h3-6,10-11,15,17H,7H2,1-2H3,(H,14,16). The molecule has 1 aliphatic carbocycles. The topological polar surface area (TPSA) is 49.3 Å². The first-order valence-corrected chi connectivity index (χ1v) is 6.14. The van der Waals surface area contributed by atoms with Gasteiger partial charge in [0.25, 0.3) is 5.91 Å². The highest BCUT2D eigenvalue weighted by Crippen LogP contribution is 2.40. The van der Waals surface area contributed by atoms with Gasteiger partial charge in [-0.25, -0.2) is 0 Å². The second-order valence-corrected chi connectivity index (χ2v) is 5.60. The molecule has 0 spiro atoms. The summed E-state index contributed by atoms with van der Waals surface area (Å²) >= 11 is 4.26. The maximum Gasteiger partial charge on any atom is 0.252 e. The van der Waals surface area contributed by atoms with Crippen LogP contribution in [0.3, 0.4) is 0 Å². The van der Waals surface area contributed by atoms with Gasteiger partial charge in [0.15, 0.2) is 0 Å². The molecule has 1 aliphatic rings. The fourth-order valence-electron chi connectivity index (χ4n) is 2.05. The Kier molecular flexibility index (Phi) is 3.19. The lowest BCUT2D eigenvalue weighted by atomic mass is 9.64. The van der Waals surface area contributed by atoms with E-state index < -0.39 is 0 Å². The molecule has 0 bridgehead atoms. The molecule has 2 N–H and O–H groups in total. The minimum Gasteiger partial charge on any atom is -0.392 e. The van der Waals surface area contributed by atoms with Gasteiger partial charge in [-0.05, 0) is 18.6 Å². The first-order valence-electron chi connectivity index (χ1n) is 5.70. The normalized spacial score (nSPS) is 26.1. The van der Waals surface area contributed by atoms with E-state index in [0.717, 1.165) is 0 Å². The molecule has 17 heavy (non-hydrogen) atoms. The number of hydrogen-bond donors (Lipinski definition) is 3. The number of aliphatic hydroxyl groups excluding tert-OH is 1. The van der Waals surface area contributed by atoms with Crippen molar-refractivity contribution in [2.24, 2.45) is 5.41 Å². The lowest BCUT2D eigenvalue weighted by Crippen LogP contribution is -2.61. The zero-order valence-corrected chi connectivity index (χ0v) is 10.9. The minimum atomic E-state index is -0.334. The molecule has 1 aromatic rings. The first-order chi connectivity index (χ1) is 7.93. The summed E-state index contributed by atoms with van der Waals surface area (Å²) in [5, 5.41) is 12.6. The van der Waals surface area contributed by atoms with E-state index in [4.69, 9.17) is 0 Å². The zero-order valence-electron chi connectivity index (χ0n) is 9.97. The molecule has 2 rings (SSSR count). The van der Waals surface area contributed by atoms with Crippen molar-refractivity contribution in [3.8, 4) is 0 Å². The third-order valence-electron chi connectivity index (χ3n) is 3.67. The van der Waals surface area contributed by atoms with E-state index in [1.165, 1.54) is 0 Å². The number of amides is 1. The summed E-state index contributed by atoms with van der Waals surface area (Å²) in [4.78, 5) is 12.7. The maximum atomic E-state index is 12.0. The van der Waals surface area contributed by atoms with Crippen molar-refractivity contribution in [2.45, 2.75) is 37.3 Å². The third kappa shape index (κ3) is 2.19. The van der Waals surface area contributed by atoms with Gasteiger partial charge in [-0.1, -0.05) is 26.0 Å². The SMILES string of the molecule is CC1(C)C(O)CC1NC(=O)c1ccccc1S. The molecule has 1 fully saturated rings. The Morgan fingerprint density at radius 2 is 2.12 bits per heavy atom. The Morgan fingerprint density at radius 3 is 2.65 bits per heavy atom. The van der Waals surface area contributed by atoms with Crippen LogP contribution in [0.15, 0.2) is 29.2 Å². The van der Waals surface area contributed by atoms with Crippen LogP contribution in [0.1, 0.15) is 30.6 Å². The van der Waals surface area contributed by atoms with Crippen LogP contribution in [0.4, 0.5) is 0 Å². The Balaban J connectivity index is 2.07. The minimum absolute atomic E-state index is 0.0259. The summed E-state index contributed by atoms with van der Waals surface area (Å²) < 4.78 is 0. The number of carbonyl (C=O) groups excluding carboxylic acids is 1. The highest BCUT2D eigenvalue weighted by atomic mass is 32.1. The van der Waals surface area contributed by atoms with Gasteiger partial charge in [-0.2, -0.15) is 0 Å². The molecule has 2 atom stereocenters. The third-order valence-corrected chi connectivity index (χ3v) is 4.06. The van der Waals surface area contributed by atoms with Crippen molar-refractivity contribution < 1.29 is 9.90 Å². The van der Waals surface area contributed by atoms with E-state index in [2.05, 4.69) is 17.9 Å². The summed E-state index contributed by atoms with van der Waals surface area (Å²) in [6.45, 7) is 3.91. The van der Waals surface area contributed by atoms with Crippen LogP contribution >= 0.6 is 12.6 Å². The number of carbonyl (C=O) groups is 1. The van der Waals surface area contributed by atoms with Crippen LogP contribution in [0.5, 0.6) is 0 Å². The molecule has 0 heterocycles. The molecular formula is C13H17NO2S. The van der Waals surface area contributed by atoms with Gasteiger partial charge in [-0.3, -0.25) is 4.79 Å². The van der Waals surface area contributed by atoms with Gasteiger partial charge in [0.05, 0.1) is 11.7 Å². The van der Waals surface area contributed by atoms with Crippen LogP contribution in [-0.4, -0.2) is 23.2 Å². The second kappa shape index (κ2) is 4.35. The number of hydrogen-bond acceptors (Lipinski definition) is 3. The molecule has 2 unspecified atom stereocenters. The number of rotatable bonds is 2. The molecule has 1 saturated carbocycles. The van der Waals surface area contributed by atoms with E-state index in [1.54, 1.807) is 12.1 Å². The first kappa shape index (κ1) is 12.5. The second-order valence-electron chi connectivity index (χ2n) is 5.12. The molecule has 1 aromatic carbocycles. The lowest BCUT2D eigenvalue weighted by molar-refractivity contribution is -0.0689. The van der Waals surface area contributed by atoms with Gasteiger partial charge >= 0.3 is 0 Å². The predicted octanol–water partition coefficient (Wildman–Crippen LogP) is 1.86. The van der Waals surface area contributed by atoms with Crippen LogP contribution in [0.25, 0.3) is 0 Å². The molecule has 3 nitrogen and oxygen atoms in total. The fraction of sp³-hybridized carbons (Fsp3) is 0.462. The molecule has 4 heteroatoms. The molecule has 0 aromatic heterocycles. The molecule has 92 valence electrons. The lowest BCUT2D eigenvalue weighted by Gasteiger charge is -2.49. The van der Waals surface area contributed by atoms with Crippen LogP contribution < -0.4 is 5.32 Å². The van der Waals surface area contributed by atoms with Crippen molar-refractivity contribution in [1.82, 2.24) is 5.32 Å². The number of nitrogens with one attached hydrogen (secondary N) is 1. The quantitative estimate of drug-likeness (QED) is 0.703. The highest BCUT2D eigenvalue weighted by molar-refractivity contribution is 7.80. The maximum absolute atomic E-state index is 12.0. The monoisotopic (exact) mass is 251 g/mol. The molecule has 0 saturated heterocycles. The molecule has 0 aliphatic heterocycles. The van der Waals surface area contributed by atoms with E-state index in [1.807, 2.05) is 26.0 Å². The summed E-state index contributed by atoms with van der Waals surface area (Å²) in [5.41, 5.74) is 0.328. The van der Waals surface area contributed by atoms with E-state index >= 15 is 0 Å². The molecule has 0 radical (unpaired) electrons. The summed E-state index contributed by atoms with van der Waals surface area (Å²) in [6.07, 6.45) is 0.284. The summed E-state index contributed by atoms with van der Waals surface area (Å²) in [5.74, 6) is -0.124. The van der Waals surface area contributed by atoms with E-state index in [0.29, 0.717) is 16.9 Å². The molecule has 1 amide bonds. The largest absolute Gasteiger partial charge is 0.392 e. The van der Waals surface area contributed by atoms with Gasteiger partial charge in [-0.15, -0.1) is 12.6 Å². The van der Waals surface area contributed by atoms with Crippen molar-refractivity contribution in [2.75, 3.05) is 0 Å². The number of aliphatic hydroxyl groups is 1. The van der Waals surface area contributed by atoms with Crippen molar-refractivity contribution in [1.29, 1.82) is 0 Å². The predicted molar refractivity (Wildman–Crippen MR) is 69.4 cm³/mol. The zero-order chi connectivity index (χ0) is 12.6. The van der Waals surface area contributed by atoms with Gasteiger partial charge in [0.2, 0.25) is 0 Å². The van der Waals surface area contributed by atoms with Crippen molar-refractivity contribution in [3.63, 3.8) is 0 Å². The smallest absolute Gasteiger partial charge is 0.252 e. The van der Waals surface area contributed by atoms with Crippen LogP contribution in [-0.2, 0) is 0 Å². The van der Waals surface area contributed by atoms with E-state index in [-0.39, 0.29) is 23.5 Å². The average molecular weight is 251 g/mol. The Bertz CT molecular complexity index is 445. The average Bonchev–Trinajstić information content (AvgIpc) is 2.29. The van der Waals surface area contributed by atoms with Crippen LogP contribution in [0.2, 0.25) is 0 Å². The Labute approximate surface area is 107 Å². The highest BCUT2D eigenvalue weighted by Gasteiger charge is 2.48. The van der Waals surface area contributed by atoms with E-state index in [9.17, 15) is 9.90 Å². The van der Waals surface area contributed by atoms with Gasteiger partial charge in [0.1, 0.15) is 0 Å². The van der Waals surface area contributed by atoms with Crippen LogP contribution in [0, 0.1) is 5.41 Å². The van der Waals surface area contributed by atoms with Crippen molar-refractivity contribution in [3.05, 3.63) is 29.8 Å². The van der Waals surface area contributed by atoms with Gasteiger partial charge in [0, 0.05) is 16.4 Å². The van der Waals surface area contributed by atoms with Gasteiger partial charge < -0.3 is 10.4 Å². The summed E-state index contributed by atoms with van der Waals surface area (Å²) in [6, 6.07) is 7.22. The fourth-order valence-corrected chi connectivity index (χ4v) is 2.31. The number of benzene rings is 1. The molecular weight excluding hydrogens is 234 g/mol.